The van der Waals surface area contributed by atoms with Gasteiger partial charge in [0.05, 0.1) is 11.6 Å². The van der Waals surface area contributed by atoms with Gasteiger partial charge in [0.15, 0.2) is 6.10 Å². The summed E-state index contributed by atoms with van der Waals surface area (Å²) in [6.07, 6.45) is 1.40. The normalized spacial score (nSPS) is 11.6. The van der Waals surface area contributed by atoms with Crippen molar-refractivity contribution in [1.29, 1.82) is 0 Å². The Hall–Kier alpha value is -2.20. The Kier molecular flexibility index (Phi) is 6.94. The van der Waals surface area contributed by atoms with E-state index in [0.717, 1.165) is 18.6 Å². The van der Waals surface area contributed by atoms with Crippen LogP contribution in [0.1, 0.15) is 26.7 Å². The van der Waals surface area contributed by atoms with Gasteiger partial charge >= 0.3 is 0 Å². The maximum Gasteiger partial charge on any atom is 0.265 e. The second kappa shape index (κ2) is 9.18. The monoisotopic (exact) mass is 347 g/mol. The van der Waals surface area contributed by atoms with Gasteiger partial charge in [0.25, 0.3) is 5.91 Å². The van der Waals surface area contributed by atoms with Crippen molar-refractivity contribution in [1.82, 2.24) is 0 Å². The Bertz CT molecular complexity index is 675. The second-order valence-electron chi connectivity index (χ2n) is 5.41. The minimum absolute atomic E-state index is 0.249. The molecule has 2 rings (SSSR count). The average Bonchev–Trinajstić information content (AvgIpc) is 2.57. The van der Waals surface area contributed by atoms with Crippen LogP contribution in [0.5, 0.6) is 11.5 Å². The Balaban J connectivity index is 1.93. The van der Waals surface area contributed by atoms with Crippen LogP contribution in [0.3, 0.4) is 0 Å². The molecule has 5 heteroatoms. The van der Waals surface area contributed by atoms with E-state index in [1.54, 1.807) is 25.1 Å². The van der Waals surface area contributed by atoms with Gasteiger partial charge in [-0.3, -0.25) is 4.79 Å². The molecule has 0 aliphatic rings. The molecule has 1 N–H and O–H groups in total. The van der Waals surface area contributed by atoms with Crippen LogP contribution in [0.4, 0.5) is 5.69 Å². The van der Waals surface area contributed by atoms with Crippen molar-refractivity contribution in [3.8, 4) is 11.5 Å². The molecule has 0 radical (unpaired) electrons. The van der Waals surface area contributed by atoms with Crippen LogP contribution in [-0.4, -0.2) is 18.6 Å². The SMILES string of the molecule is CCCCOc1cccc(NC(=O)C(C)Oc2ccccc2Cl)c1. The van der Waals surface area contributed by atoms with E-state index in [2.05, 4.69) is 12.2 Å². The summed E-state index contributed by atoms with van der Waals surface area (Å²) in [5.41, 5.74) is 0.670. The van der Waals surface area contributed by atoms with E-state index in [1.165, 1.54) is 0 Å². The minimum atomic E-state index is -0.672. The summed E-state index contributed by atoms with van der Waals surface area (Å²) in [6.45, 7) is 4.46. The van der Waals surface area contributed by atoms with E-state index in [9.17, 15) is 4.79 Å². The van der Waals surface area contributed by atoms with E-state index < -0.39 is 6.10 Å². The summed E-state index contributed by atoms with van der Waals surface area (Å²) < 4.78 is 11.3. The smallest absolute Gasteiger partial charge is 0.265 e. The number of amides is 1. The molecule has 128 valence electrons. The number of para-hydroxylation sites is 1. The van der Waals surface area contributed by atoms with E-state index in [0.29, 0.717) is 23.1 Å². The number of unbranched alkanes of at least 4 members (excludes halogenated alkanes) is 1. The third kappa shape index (κ3) is 5.46. The van der Waals surface area contributed by atoms with Crippen molar-refractivity contribution in [2.45, 2.75) is 32.8 Å². The Morgan fingerprint density at radius 1 is 1.21 bits per heavy atom. The molecule has 0 aromatic heterocycles. The molecular formula is C19H22ClNO3. The standard InChI is InChI=1S/C19H22ClNO3/c1-3-4-12-23-16-9-7-8-15(13-16)21-19(22)14(2)24-18-11-6-5-10-17(18)20/h5-11,13-14H,3-4,12H2,1-2H3,(H,21,22). The molecule has 0 saturated heterocycles. The molecule has 0 aliphatic heterocycles. The number of ether oxygens (including phenoxy) is 2. The lowest BCUT2D eigenvalue weighted by Crippen LogP contribution is -2.30. The lowest BCUT2D eigenvalue weighted by Gasteiger charge is -2.16. The highest BCUT2D eigenvalue weighted by molar-refractivity contribution is 6.32. The van der Waals surface area contributed by atoms with E-state index in [-0.39, 0.29) is 5.91 Å². The zero-order valence-electron chi connectivity index (χ0n) is 13.9. The number of benzene rings is 2. The van der Waals surface area contributed by atoms with Crippen molar-refractivity contribution in [3.05, 3.63) is 53.6 Å². The summed E-state index contributed by atoms with van der Waals surface area (Å²) in [5, 5.41) is 3.30. The van der Waals surface area contributed by atoms with Gasteiger partial charge in [0.1, 0.15) is 11.5 Å². The Morgan fingerprint density at radius 2 is 2.00 bits per heavy atom. The first kappa shape index (κ1) is 18.1. The highest BCUT2D eigenvalue weighted by atomic mass is 35.5. The van der Waals surface area contributed by atoms with Gasteiger partial charge in [0.2, 0.25) is 0 Å². The molecule has 0 spiro atoms. The van der Waals surface area contributed by atoms with Gasteiger partial charge in [-0.1, -0.05) is 43.1 Å². The molecule has 0 heterocycles. The molecule has 0 aliphatic carbocycles. The maximum atomic E-state index is 12.3. The van der Waals surface area contributed by atoms with Crippen molar-refractivity contribution in [2.24, 2.45) is 0 Å². The molecule has 0 saturated carbocycles. The van der Waals surface area contributed by atoms with Gasteiger partial charge < -0.3 is 14.8 Å². The van der Waals surface area contributed by atoms with Crippen LogP contribution in [0, 0.1) is 0 Å². The van der Waals surface area contributed by atoms with Crippen molar-refractivity contribution < 1.29 is 14.3 Å². The fourth-order valence-electron chi connectivity index (χ4n) is 2.03. The first-order valence-corrected chi connectivity index (χ1v) is 8.43. The summed E-state index contributed by atoms with van der Waals surface area (Å²) in [6, 6.07) is 14.4. The summed E-state index contributed by atoms with van der Waals surface area (Å²) in [5.74, 6) is 0.972. The number of carbonyl (C=O) groups is 1. The Labute approximate surface area is 147 Å². The highest BCUT2D eigenvalue weighted by Gasteiger charge is 2.16. The van der Waals surface area contributed by atoms with Crippen LogP contribution < -0.4 is 14.8 Å². The van der Waals surface area contributed by atoms with Gasteiger partial charge in [0, 0.05) is 11.8 Å². The van der Waals surface area contributed by atoms with E-state index in [1.807, 2.05) is 30.3 Å². The number of carbonyl (C=O) groups excluding carboxylic acids is 1. The van der Waals surface area contributed by atoms with Crippen LogP contribution >= 0.6 is 11.6 Å². The van der Waals surface area contributed by atoms with Gasteiger partial charge in [-0.2, -0.15) is 0 Å². The maximum absolute atomic E-state index is 12.3. The zero-order valence-corrected chi connectivity index (χ0v) is 14.7. The van der Waals surface area contributed by atoms with Gasteiger partial charge in [-0.05, 0) is 37.6 Å². The fraction of sp³-hybridized carbons (Fsp3) is 0.316. The number of rotatable bonds is 8. The van der Waals surface area contributed by atoms with Crippen molar-refractivity contribution in [2.75, 3.05) is 11.9 Å². The number of anilines is 1. The van der Waals surface area contributed by atoms with Crippen LogP contribution in [-0.2, 0) is 4.79 Å². The van der Waals surface area contributed by atoms with E-state index >= 15 is 0 Å². The summed E-state index contributed by atoms with van der Waals surface area (Å²) >= 11 is 6.04. The first-order chi connectivity index (χ1) is 11.6. The van der Waals surface area contributed by atoms with Crippen molar-refractivity contribution >= 4 is 23.2 Å². The molecule has 0 bridgehead atoms. The fourth-order valence-corrected chi connectivity index (χ4v) is 2.21. The molecule has 0 fully saturated rings. The average molecular weight is 348 g/mol. The molecule has 2 aromatic carbocycles. The number of hydrogen-bond donors (Lipinski definition) is 1. The molecule has 1 unspecified atom stereocenters. The minimum Gasteiger partial charge on any atom is -0.494 e. The third-order valence-electron chi connectivity index (χ3n) is 3.38. The van der Waals surface area contributed by atoms with E-state index in [4.69, 9.17) is 21.1 Å². The highest BCUT2D eigenvalue weighted by Crippen LogP contribution is 2.24. The number of hydrogen-bond acceptors (Lipinski definition) is 3. The summed E-state index contributed by atoms with van der Waals surface area (Å²) in [4.78, 5) is 12.3. The molecular weight excluding hydrogens is 326 g/mol. The topological polar surface area (TPSA) is 47.6 Å². The van der Waals surface area contributed by atoms with Gasteiger partial charge in [-0.15, -0.1) is 0 Å². The molecule has 24 heavy (non-hydrogen) atoms. The summed E-state index contributed by atoms with van der Waals surface area (Å²) in [7, 11) is 0. The number of halogens is 1. The van der Waals surface area contributed by atoms with Crippen LogP contribution in [0.2, 0.25) is 5.02 Å². The predicted octanol–water partition coefficient (Wildman–Crippen LogP) is 4.92. The third-order valence-corrected chi connectivity index (χ3v) is 3.69. The molecule has 1 amide bonds. The number of nitrogens with one attached hydrogen (secondary N) is 1. The first-order valence-electron chi connectivity index (χ1n) is 8.05. The molecule has 2 aromatic rings. The van der Waals surface area contributed by atoms with Gasteiger partial charge in [-0.25, -0.2) is 0 Å². The van der Waals surface area contributed by atoms with Crippen LogP contribution in [0.25, 0.3) is 0 Å². The largest absolute Gasteiger partial charge is 0.494 e. The van der Waals surface area contributed by atoms with Crippen molar-refractivity contribution in [3.63, 3.8) is 0 Å². The molecule has 4 nitrogen and oxygen atoms in total. The zero-order chi connectivity index (χ0) is 17.4. The second-order valence-corrected chi connectivity index (χ2v) is 5.82. The molecule has 1 atom stereocenters. The Morgan fingerprint density at radius 3 is 2.75 bits per heavy atom. The quantitative estimate of drug-likeness (QED) is 0.689. The van der Waals surface area contributed by atoms with Crippen LogP contribution in [0.15, 0.2) is 48.5 Å². The lowest BCUT2D eigenvalue weighted by molar-refractivity contribution is -0.122. The lowest BCUT2D eigenvalue weighted by atomic mass is 10.2. The predicted molar refractivity (Wildman–Crippen MR) is 97.0 cm³/mol.